The maximum atomic E-state index is 12.6. The van der Waals surface area contributed by atoms with E-state index in [9.17, 15) is 4.79 Å². The number of hydrogen-bond donors (Lipinski definition) is 1. The first-order valence-corrected chi connectivity index (χ1v) is 10.9. The highest BCUT2D eigenvalue weighted by atomic mass is 32.2. The molecule has 0 aliphatic carbocycles. The Hall–Kier alpha value is -2.63. The Morgan fingerprint density at radius 3 is 2.54 bits per heavy atom. The molecule has 0 radical (unpaired) electrons. The van der Waals surface area contributed by atoms with E-state index in [1.807, 2.05) is 47.8 Å². The maximum absolute atomic E-state index is 12.6. The zero-order valence-electron chi connectivity index (χ0n) is 15.7. The molecule has 0 unspecified atom stereocenters. The van der Waals surface area contributed by atoms with Crippen LogP contribution in [0.2, 0.25) is 0 Å². The second kappa shape index (κ2) is 8.17. The van der Waals surface area contributed by atoms with E-state index in [0.717, 1.165) is 16.6 Å². The van der Waals surface area contributed by atoms with Gasteiger partial charge < -0.3 is 0 Å². The molecule has 0 saturated heterocycles. The molecule has 0 bridgehead atoms. The molecular weight excluding hydrogens is 384 g/mol. The molecule has 3 aromatic carbocycles. The Labute approximate surface area is 172 Å². The number of thiazole rings is 1. The molecule has 0 aliphatic heterocycles. The van der Waals surface area contributed by atoms with E-state index >= 15 is 0 Å². The minimum atomic E-state index is -0.139. The van der Waals surface area contributed by atoms with Crippen molar-refractivity contribution in [1.82, 2.24) is 4.98 Å². The Balaban J connectivity index is 1.52. The predicted molar refractivity (Wildman–Crippen MR) is 120 cm³/mol. The van der Waals surface area contributed by atoms with Crippen molar-refractivity contribution < 1.29 is 4.79 Å². The Bertz CT molecular complexity index is 1110. The van der Waals surface area contributed by atoms with Crippen LogP contribution in [0.1, 0.15) is 24.2 Å². The number of hydrogen-bond acceptors (Lipinski definition) is 4. The first-order chi connectivity index (χ1) is 13.6. The predicted octanol–water partition coefficient (Wildman–Crippen LogP) is 6.72. The second-order valence-electron chi connectivity index (χ2n) is 6.71. The summed E-state index contributed by atoms with van der Waals surface area (Å²) in [7, 11) is 0. The fraction of sp³-hybridized carbons (Fsp3) is 0.130. The van der Waals surface area contributed by atoms with Gasteiger partial charge in [-0.25, -0.2) is 4.98 Å². The molecule has 1 N–H and O–H groups in total. The minimum absolute atomic E-state index is 0.139. The van der Waals surface area contributed by atoms with Gasteiger partial charge in [0.05, 0.1) is 5.69 Å². The van der Waals surface area contributed by atoms with E-state index in [4.69, 9.17) is 0 Å². The molecule has 4 rings (SSSR count). The standard InChI is InChI=1S/C23H20N2OS2/c1-15(2)28-18-12-10-17(11-13-18)22(26)25-23-24-21(14-27-23)20-9-5-7-16-6-3-4-8-19(16)20/h3-15H,1-2H3,(H,24,25,26). The third kappa shape index (κ3) is 4.11. The fourth-order valence-electron chi connectivity index (χ4n) is 3.03. The number of carbonyl (C=O) groups excluding carboxylic acids is 1. The van der Waals surface area contributed by atoms with Crippen LogP contribution >= 0.6 is 23.1 Å². The zero-order valence-corrected chi connectivity index (χ0v) is 17.3. The highest BCUT2D eigenvalue weighted by Gasteiger charge is 2.12. The average Bonchev–Trinajstić information content (AvgIpc) is 3.16. The summed E-state index contributed by atoms with van der Waals surface area (Å²) in [5, 5.41) is 8.36. The Morgan fingerprint density at radius 1 is 1.00 bits per heavy atom. The van der Waals surface area contributed by atoms with Gasteiger partial charge in [0.2, 0.25) is 0 Å². The van der Waals surface area contributed by atoms with Crippen molar-refractivity contribution in [2.45, 2.75) is 24.0 Å². The van der Waals surface area contributed by atoms with E-state index < -0.39 is 0 Å². The molecule has 140 valence electrons. The average molecular weight is 405 g/mol. The lowest BCUT2D eigenvalue weighted by molar-refractivity contribution is 0.102. The number of anilines is 1. The lowest BCUT2D eigenvalue weighted by atomic mass is 10.0. The number of benzene rings is 3. The fourth-order valence-corrected chi connectivity index (χ4v) is 4.57. The monoisotopic (exact) mass is 404 g/mol. The van der Waals surface area contributed by atoms with Crippen molar-refractivity contribution in [3.63, 3.8) is 0 Å². The summed E-state index contributed by atoms with van der Waals surface area (Å²) >= 11 is 3.22. The van der Waals surface area contributed by atoms with Crippen molar-refractivity contribution >= 4 is 44.9 Å². The third-order valence-electron chi connectivity index (χ3n) is 4.28. The summed E-state index contributed by atoms with van der Waals surface area (Å²) in [5.41, 5.74) is 2.58. The lowest BCUT2D eigenvalue weighted by Crippen LogP contribution is -2.11. The number of rotatable bonds is 5. The van der Waals surface area contributed by atoms with Crippen LogP contribution < -0.4 is 5.32 Å². The normalized spacial score (nSPS) is 11.1. The van der Waals surface area contributed by atoms with Crippen LogP contribution in [0, 0.1) is 0 Å². The molecule has 1 aromatic heterocycles. The van der Waals surface area contributed by atoms with Gasteiger partial charge in [0.15, 0.2) is 5.13 Å². The molecule has 3 nitrogen and oxygen atoms in total. The minimum Gasteiger partial charge on any atom is -0.298 e. The summed E-state index contributed by atoms with van der Waals surface area (Å²) in [4.78, 5) is 18.4. The van der Waals surface area contributed by atoms with Gasteiger partial charge in [-0.15, -0.1) is 23.1 Å². The van der Waals surface area contributed by atoms with E-state index in [1.165, 1.54) is 21.6 Å². The van der Waals surface area contributed by atoms with E-state index in [1.54, 1.807) is 11.8 Å². The molecule has 0 atom stereocenters. The number of nitrogens with one attached hydrogen (secondary N) is 1. The molecule has 1 heterocycles. The van der Waals surface area contributed by atoms with Gasteiger partial charge in [0.25, 0.3) is 5.91 Å². The molecule has 28 heavy (non-hydrogen) atoms. The Kier molecular flexibility index (Phi) is 5.46. The number of aromatic nitrogens is 1. The summed E-state index contributed by atoms with van der Waals surface area (Å²) in [6, 6.07) is 22.1. The molecule has 4 aromatic rings. The van der Waals surface area contributed by atoms with Crippen LogP contribution in [0.5, 0.6) is 0 Å². The number of amides is 1. The van der Waals surface area contributed by atoms with Crippen molar-refractivity contribution in [3.8, 4) is 11.3 Å². The summed E-state index contributed by atoms with van der Waals surface area (Å²) in [6.07, 6.45) is 0. The molecule has 5 heteroatoms. The molecule has 0 spiro atoms. The van der Waals surface area contributed by atoms with E-state index in [2.05, 4.69) is 48.4 Å². The van der Waals surface area contributed by atoms with Gasteiger partial charge in [0, 0.05) is 26.7 Å². The number of fused-ring (bicyclic) bond motifs is 1. The molecule has 0 saturated carbocycles. The summed E-state index contributed by atoms with van der Waals surface area (Å²) in [5.74, 6) is -0.139. The summed E-state index contributed by atoms with van der Waals surface area (Å²) < 4.78 is 0. The molecule has 0 fully saturated rings. The van der Waals surface area contributed by atoms with Gasteiger partial charge >= 0.3 is 0 Å². The van der Waals surface area contributed by atoms with Crippen LogP contribution in [0.15, 0.2) is 77.0 Å². The van der Waals surface area contributed by atoms with Gasteiger partial charge in [0.1, 0.15) is 0 Å². The molecule has 1 amide bonds. The zero-order chi connectivity index (χ0) is 19.5. The summed E-state index contributed by atoms with van der Waals surface area (Å²) in [6.45, 7) is 4.31. The maximum Gasteiger partial charge on any atom is 0.257 e. The highest BCUT2D eigenvalue weighted by molar-refractivity contribution is 7.99. The largest absolute Gasteiger partial charge is 0.298 e. The van der Waals surface area contributed by atoms with Crippen LogP contribution in [0.25, 0.3) is 22.0 Å². The third-order valence-corrected chi connectivity index (χ3v) is 6.05. The van der Waals surface area contributed by atoms with Gasteiger partial charge in [-0.2, -0.15) is 0 Å². The molecule has 0 aliphatic rings. The SMILES string of the molecule is CC(C)Sc1ccc(C(=O)Nc2nc(-c3cccc4ccccc34)cs2)cc1. The Morgan fingerprint density at radius 2 is 1.75 bits per heavy atom. The van der Waals surface area contributed by atoms with Gasteiger partial charge in [-0.1, -0.05) is 56.3 Å². The van der Waals surface area contributed by atoms with E-state index in [0.29, 0.717) is 15.9 Å². The van der Waals surface area contributed by atoms with Crippen molar-refractivity contribution in [2.75, 3.05) is 5.32 Å². The van der Waals surface area contributed by atoms with Crippen LogP contribution in [0.3, 0.4) is 0 Å². The first kappa shape index (κ1) is 18.7. The van der Waals surface area contributed by atoms with Crippen LogP contribution in [-0.4, -0.2) is 16.1 Å². The smallest absolute Gasteiger partial charge is 0.257 e. The van der Waals surface area contributed by atoms with Crippen molar-refractivity contribution in [2.24, 2.45) is 0 Å². The quantitative estimate of drug-likeness (QED) is 0.376. The highest BCUT2D eigenvalue weighted by Crippen LogP contribution is 2.31. The van der Waals surface area contributed by atoms with Crippen molar-refractivity contribution in [3.05, 3.63) is 77.7 Å². The van der Waals surface area contributed by atoms with Crippen molar-refractivity contribution in [1.29, 1.82) is 0 Å². The van der Waals surface area contributed by atoms with Gasteiger partial charge in [-0.3, -0.25) is 10.1 Å². The number of thioether (sulfide) groups is 1. The second-order valence-corrected chi connectivity index (χ2v) is 9.22. The van der Waals surface area contributed by atoms with Crippen LogP contribution in [-0.2, 0) is 0 Å². The van der Waals surface area contributed by atoms with E-state index in [-0.39, 0.29) is 5.91 Å². The lowest BCUT2D eigenvalue weighted by Gasteiger charge is -2.06. The number of nitrogens with zero attached hydrogens (tertiary/aromatic N) is 1. The first-order valence-electron chi connectivity index (χ1n) is 9.12. The molecular formula is C23H20N2OS2. The van der Waals surface area contributed by atoms with Crippen LogP contribution in [0.4, 0.5) is 5.13 Å². The number of carbonyl (C=O) groups is 1. The van der Waals surface area contributed by atoms with Gasteiger partial charge in [-0.05, 0) is 35.0 Å². The topological polar surface area (TPSA) is 42.0 Å².